The average Bonchev–Trinajstić information content (AvgIpc) is 1.27. The molecule has 9 heavy (non-hydrogen) atoms. The van der Waals surface area contributed by atoms with Gasteiger partial charge in [0.15, 0.2) is 5.78 Å². The zero-order valence-corrected chi connectivity index (χ0v) is 7.99. The summed E-state index contributed by atoms with van der Waals surface area (Å²) in [5, 5.41) is 0. The van der Waals surface area contributed by atoms with Crippen molar-refractivity contribution >= 4 is 5.78 Å². The molecule has 0 aliphatic carbocycles. The third-order valence-corrected chi connectivity index (χ3v) is 0.492. The molecule has 0 aromatic rings. The van der Waals surface area contributed by atoms with Crippen LogP contribution in [0.3, 0.4) is 0 Å². The predicted octanol–water partition coefficient (Wildman–Crippen LogP) is -1.46. The van der Waals surface area contributed by atoms with Crippen molar-refractivity contribution in [3.63, 3.8) is 0 Å². The zero-order chi connectivity index (χ0) is 5.86. The fourth-order valence-electron chi connectivity index (χ4n) is 0.407. The van der Waals surface area contributed by atoms with Crippen LogP contribution in [0, 0.1) is 0 Å². The number of carbonyl (C=O) groups excluding carboxylic acids is 1. The number of carbonyl (C=O) groups is 1. The van der Waals surface area contributed by atoms with E-state index >= 15 is 0 Å². The second-order valence-electron chi connectivity index (χ2n) is 1.83. The van der Waals surface area contributed by atoms with Gasteiger partial charge in [-0.1, -0.05) is 5.57 Å². The summed E-state index contributed by atoms with van der Waals surface area (Å²) in [6.07, 6.45) is 1.61. The summed E-state index contributed by atoms with van der Waals surface area (Å²) in [5.41, 5.74) is 1.06. The fourth-order valence-corrected chi connectivity index (χ4v) is 0.407. The molecule has 56 valence electrons. The summed E-state index contributed by atoms with van der Waals surface area (Å²) >= 11 is 0. The smallest absolute Gasteiger partial charge is 1.00 e. The van der Waals surface area contributed by atoms with Gasteiger partial charge in [-0.25, -0.2) is 0 Å². The number of allylic oxidation sites excluding steroid dienone is 2. The van der Waals surface area contributed by atoms with E-state index in [4.69, 9.17) is 0 Å². The Kier molecular flexibility index (Phi) is 15.0. The first-order valence-corrected chi connectivity index (χ1v) is 2.28. The Labute approximate surface area is 76.0 Å². The van der Waals surface area contributed by atoms with E-state index in [1.807, 2.05) is 13.8 Å². The van der Waals surface area contributed by atoms with Gasteiger partial charge in [-0.15, -0.1) is 0 Å². The maximum absolute atomic E-state index is 10.2. The molecule has 0 saturated heterocycles. The van der Waals surface area contributed by atoms with E-state index in [1.54, 1.807) is 13.0 Å². The molecule has 0 aromatic carbocycles. The van der Waals surface area contributed by atoms with Crippen molar-refractivity contribution in [1.82, 2.24) is 0 Å². The van der Waals surface area contributed by atoms with Crippen LogP contribution in [0.15, 0.2) is 11.6 Å². The van der Waals surface area contributed by atoms with E-state index in [2.05, 4.69) is 0 Å². The summed E-state index contributed by atoms with van der Waals surface area (Å²) in [7, 11) is 0. The summed E-state index contributed by atoms with van der Waals surface area (Å²) in [5.74, 6) is 0.125. The minimum atomic E-state index is 0. The molecule has 0 unspecified atom stereocenters. The monoisotopic (exact) mass is 239 g/mol. The van der Waals surface area contributed by atoms with Crippen LogP contribution in [-0.4, -0.2) is 5.78 Å². The van der Waals surface area contributed by atoms with Crippen molar-refractivity contribution in [3.8, 4) is 0 Å². The molecule has 0 aromatic heterocycles. The zero-order valence-electron chi connectivity index (χ0n) is 5.68. The number of hydrogen-bond donors (Lipinski definition) is 0. The molecule has 0 heterocycles. The Hall–Kier alpha value is 0.362. The molecule has 0 fully saturated rings. The van der Waals surface area contributed by atoms with E-state index in [9.17, 15) is 4.79 Å². The third kappa shape index (κ3) is 17.8. The standard InChI is InChI=1S/C6H10O.ClH.Pd/c1-5(2)4-6(3)7;;/h4H,1-3H3;1H;/q;;+2/p-1. The molecule has 0 radical (unpaired) electrons. The van der Waals surface area contributed by atoms with Crippen LogP contribution < -0.4 is 12.4 Å². The first-order chi connectivity index (χ1) is 3.13. The van der Waals surface area contributed by atoms with Gasteiger partial charge in [-0.3, -0.25) is 4.79 Å². The molecule has 0 amide bonds. The van der Waals surface area contributed by atoms with Gasteiger partial charge in [0, 0.05) is 0 Å². The molecular weight excluding hydrogens is 230 g/mol. The first kappa shape index (κ1) is 16.2. The van der Waals surface area contributed by atoms with Gasteiger partial charge in [0.1, 0.15) is 0 Å². The first-order valence-electron chi connectivity index (χ1n) is 2.28. The minimum absolute atomic E-state index is 0. The average molecular weight is 240 g/mol. The number of rotatable bonds is 1. The van der Waals surface area contributed by atoms with Gasteiger partial charge >= 0.3 is 20.4 Å². The maximum Gasteiger partial charge on any atom is 2.00 e. The molecule has 0 N–H and O–H groups in total. The van der Waals surface area contributed by atoms with Crippen molar-refractivity contribution < 1.29 is 37.6 Å². The van der Waals surface area contributed by atoms with Gasteiger partial charge in [-0.05, 0) is 26.8 Å². The summed E-state index contributed by atoms with van der Waals surface area (Å²) < 4.78 is 0. The van der Waals surface area contributed by atoms with E-state index < -0.39 is 0 Å². The quantitative estimate of drug-likeness (QED) is 0.404. The molecule has 0 aliphatic heterocycles. The van der Waals surface area contributed by atoms with Crippen LogP contribution in [0.25, 0.3) is 0 Å². The van der Waals surface area contributed by atoms with E-state index in [0.29, 0.717) is 0 Å². The Balaban J connectivity index is -0.000000180. The number of halogens is 1. The summed E-state index contributed by atoms with van der Waals surface area (Å²) in [6.45, 7) is 5.36. The van der Waals surface area contributed by atoms with E-state index in [1.165, 1.54) is 0 Å². The fraction of sp³-hybridized carbons (Fsp3) is 0.500. The Morgan fingerprint density at radius 1 is 1.22 bits per heavy atom. The van der Waals surface area contributed by atoms with E-state index in [-0.39, 0.29) is 38.6 Å². The van der Waals surface area contributed by atoms with E-state index in [0.717, 1.165) is 5.57 Å². The molecular formula is C6H10ClOPd+. The van der Waals surface area contributed by atoms with Gasteiger partial charge in [0.05, 0.1) is 0 Å². The maximum atomic E-state index is 10.2. The largest absolute Gasteiger partial charge is 2.00 e. The Morgan fingerprint density at radius 2 is 1.56 bits per heavy atom. The minimum Gasteiger partial charge on any atom is -1.00 e. The second-order valence-corrected chi connectivity index (χ2v) is 1.83. The van der Waals surface area contributed by atoms with Crippen LogP contribution in [0.5, 0.6) is 0 Å². The summed E-state index contributed by atoms with van der Waals surface area (Å²) in [4.78, 5) is 10.2. The molecule has 0 rings (SSSR count). The predicted molar refractivity (Wildman–Crippen MR) is 30.1 cm³/mol. The molecule has 1 nitrogen and oxygen atoms in total. The van der Waals surface area contributed by atoms with Gasteiger partial charge < -0.3 is 12.4 Å². The normalized spacial score (nSPS) is 6.11. The van der Waals surface area contributed by atoms with Crippen molar-refractivity contribution in [2.75, 3.05) is 0 Å². The molecule has 0 atom stereocenters. The van der Waals surface area contributed by atoms with Crippen LogP contribution in [0.4, 0.5) is 0 Å². The van der Waals surface area contributed by atoms with Crippen molar-refractivity contribution in [2.45, 2.75) is 20.8 Å². The molecule has 3 heteroatoms. The summed E-state index contributed by atoms with van der Waals surface area (Å²) in [6, 6.07) is 0. The van der Waals surface area contributed by atoms with Crippen LogP contribution in [-0.2, 0) is 25.2 Å². The third-order valence-electron chi connectivity index (χ3n) is 0.492. The molecule has 0 bridgehead atoms. The Bertz CT molecular complexity index is 106. The topological polar surface area (TPSA) is 17.1 Å². The Morgan fingerprint density at radius 3 is 1.56 bits per heavy atom. The molecule has 0 aliphatic rings. The van der Waals surface area contributed by atoms with Gasteiger partial charge in [-0.2, -0.15) is 0 Å². The van der Waals surface area contributed by atoms with Crippen LogP contribution >= 0.6 is 0 Å². The second kappa shape index (κ2) is 8.36. The van der Waals surface area contributed by atoms with Gasteiger partial charge in [0.25, 0.3) is 0 Å². The number of ketones is 1. The molecule has 0 spiro atoms. The van der Waals surface area contributed by atoms with Crippen LogP contribution in [0.2, 0.25) is 0 Å². The van der Waals surface area contributed by atoms with Crippen LogP contribution in [0.1, 0.15) is 20.8 Å². The van der Waals surface area contributed by atoms with Crippen molar-refractivity contribution in [3.05, 3.63) is 11.6 Å². The SMILES string of the molecule is CC(=O)C=C(C)C.[Cl-].[Pd+2]. The number of hydrogen-bond acceptors (Lipinski definition) is 1. The van der Waals surface area contributed by atoms with Crippen molar-refractivity contribution in [2.24, 2.45) is 0 Å². The molecule has 0 saturated carbocycles. The van der Waals surface area contributed by atoms with Gasteiger partial charge in [0.2, 0.25) is 0 Å². The van der Waals surface area contributed by atoms with Crippen molar-refractivity contribution in [1.29, 1.82) is 0 Å².